The van der Waals surface area contributed by atoms with Crippen LogP contribution in [-0.4, -0.2) is 28.4 Å². The summed E-state index contributed by atoms with van der Waals surface area (Å²) in [5.74, 6) is -0.310. The molecule has 0 radical (unpaired) electrons. The Labute approximate surface area is 137 Å². The number of halogens is 2. The van der Waals surface area contributed by atoms with E-state index in [4.69, 9.17) is 11.6 Å². The maximum Gasteiger partial charge on any atom is 0.266 e. The number of hydrogen-bond acceptors (Lipinski definition) is 3. The SMILES string of the molecule is Cc1ncsc1C(=O)N1CCC[C@@H]1Cc1c(F)cccc1Cl. The van der Waals surface area contributed by atoms with Gasteiger partial charge in [0.25, 0.3) is 5.91 Å². The average molecular weight is 339 g/mol. The van der Waals surface area contributed by atoms with Crippen LogP contribution in [0.4, 0.5) is 4.39 Å². The number of benzene rings is 1. The highest BCUT2D eigenvalue weighted by atomic mass is 35.5. The third-order valence-electron chi connectivity index (χ3n) is 4.08. The molecule has 2 aromatic rings. The lowest BCUT2D eigenvalue weighted by Gasteiger charge is -2.25. The molecule has 0 bridgehead atoms. The van der Waals surface area contributed by atoms with Crippen LogP contribution >= 0.6 is 22.9 Å². The fourth-order valence-corrected chi connectivity index (χ4v) is 3.91. The molecule has 1 saturated heterocycles. The van der Waals surface area contributed by atoms with Gasteiger partial charge in [0.2, 0.25) is 0 Å². The summed E-state index contributed by atoms with van der Waals surface area (Å²) < 4.78 is 14.0. The number of thiazole rings is 1. The molecule has 3 rings (SSSR count). The van der Waals surface area contributed by atoms with Crippen molar-refractivity contribution in [3.8, 4) is 0 Å². The van der Waals surface area contributed by atoms with Crippen molar-refractivity contribution in [1.82, 2.24) is 9.88 Å². The highest BCUT2D eigenvalue weighted by Gasteiger charge is 2.32. The van der Waals surface area contributed by atoms with Gasteiger partial charge in [0.15, 0.2) is 0 Å². The molecule has 1 aliphatic rings. The molecule has 1 aromatic heterocycles. The maximum atomic E-state index is 14.0. The van der Waals surface area contributed by atoms with Crippen LogP contribution in [0.2, 0.25) is 5.02 Å². The van der Waals surface area contributed by atoms with Gasteiger partial charge in [-0.1, -0.05) is 17.7 Å². The smallest absolute Gasteiger partial charge is 0.266 e. The van der Waals surface area contributed by atoms with Crippen molar-refractivity contribution in [1.29, 1.82) is 0 Å². The Bertz CT molecular complexity index is 683. The lowest BCUT2D eigenvalue weighted by atomic mass is 10.0. The minimum atomic E-state index is -0.305. The van der Waals surface area contributed by atoms with E-state index in [0.29, 0.717) is 28.4 Å². The first-order valence-electron chi connectivity index (χ1n) is 7.22. The summed E-state index contributed by atoms with van der Waals surface area (Å²) >= 11 is 7.47. The Kier molecular flexibility index (Phi) is 4.45. The van der Waals surface area contributed by atoms with Gasteiger partial charge in [-0.3, -0.25) is 4.79 Å². The van der Waals surface area contributed by atoms with Crippen LogP contribution in [-0.2, 0) is 6.42 Å². The van der Waals surface area contributed by atoms with Gasteiger partial charge in [-0.2, -0.15) is 0 Å². The summed E-state index contributed by atoms with van der Waals surface area (Å²) in [6, 6.07) is 4.69. The molecule has 1 aliphatic heterocycles. The predicted octanol–water partition coefficient (Wildman–Crippen LogP) is 4.09. The molecule has 0 saturated carbocycles. The fraction of sp³-hybridized carbons (Fsp3) is 0.375. The van der Waals surface area contributed by atoms with Crippen LogP contribution in [0, 0.1) is 12.7 Å². The zero-order valence-corrected chi connectivity index (χ0v) is 13.8. The van der Waals surface area contributed by atoms with Gasteiger partial charge in [-0.05, 0) is 38.3 Å². The molecule has 1 atom stereocenters. The van der Waals surface area contributed by atoms with Crippen LogP contribution in [0.3, 0.4) is 0 Å². The zero-order valence-electron chi connectivity index (χ0n) is 12.2. The molecule has 1 fully saturated rings. The molecule has 1 aromatic carbocycles. The van der Waals surface area contributed by atoms with Gasteiger partial charge < -0.3 is 4.90 Å². The van der Waals surface area contributed by atoms with E-state index in [1.807, 2.05) is 11.8 Å². The summed E-state index contributed by atoms with van der Waals surface area (Å²) in [6.45, 7) is 2.54. The van der Waals surface area contributed by atoms with Crippen molar-refractivity contribution in [3.05, 3.63) is 50.7 Å². The zero-order chi connectivity index (χ0) is 15.7. The predicted molar refractivity (Wildman–Crippen MR) is 86.0 cm³/mol. The Morgan fingerprint density at radius 2 is 2.36 bits per heavy atom. The summed E-state index contributed by atoms with van der Waals surface area (Å²) in [7, 11) is 0. The number of carbonyl (C=O) groups excluding carboxylic acids is 1. The number of amides is 1. The van der Waals surface area contributed by atoms with Gasteiger partial charge in [0.1, 0.15) is 10.7 Å². The van der Waals surface area contributed by atoms with E-state index in [2.05, 4.69) is 4.98 Å². The largest absolute Gasteiger partial charge is 0.335 e. The van der Waals surface area contributed by atoms with Crippen molar-refractivity contribution in [2.75, 3.05) is 6.54 Å². The first kappa shape index (κ1) is 15.4. The van der Waals surface area contributed by atoms with Gasteiger partial charge in [0, 0.05) is 23.2 Å². The molecular formula is C16H16ClFN2OS. The van der Waals surface area contributed by atoms with Crippen LogP contribution in [0.5, 0.6) is 0 Å². The monoisotopic (exact) mass is 338 g/mol. The van der Waals surface area contributed by atoms with Crippen molar-refractivity contribution >= 4 is 28.8 Å². The Hall–Kier alpha value is -1.46. The molecular weight excluding hydrogens is 323 g/mol. The highest BCUT2D eigenvalue weighted by molar-refractivity contribution is 7.11. The van der Waals surface area contributed by atoms with E-state index in [1.54, 1.807) is 17.6 Å². The van der Waals surface area contributed by atoms with Gasteiger partial charge >= 0.3 is 0 Å². The standard InChI is InChI=1S/C16H16ClFN2OS/c1-10-15(22-9-19-10)16(21)20-7-3-4-11(20)8-12-13(17)5-2-6-14(12)18/h2,5-6,9,11H,3-4,7-8H2,1H3/t11-/m1/s1. The van der Waals surface area contributed by atoms with Gasteiger partial charge in [-0.15, -0.1) is 11.3 Å². The van der Waals surface area contributed by atoms with E-state index in [1.165, 1.54) is 17.4 Å². The second-order valence-electron chi connectivity index (χ2n) is 5.47. The first-order valence-corrected chi connectivity index (χ1v) is 8.47. The second-order valence-corrected chi connectivity index (χ2v) is 6.73. The normalized spacial score (nSPS) is 18.0. The van der Waals surface area contributed by atoms with E-state index >= 15 is 0 Å². The number of likely N-dealkylation sites (tertiary alicyclic amines) is 1. The van der Waals surface area contributed by atoms with E-state index in [0.717, 1.165) is 18.5 Å². The second kappa shape index (κ2) is 6.34. The van der Waals surface area contributed by atoms with Crippen molar-refractivity contribution in [3.63, 3.8) is 0 Å². The van der Waals surface area contributed by atoms with Gasteiger partial charge in [-0.25, -0.2) is 9.37 Å². The van der Waals surface area contributed by atoms with Crippen LogP contribution in [0.25, 0.3) is 0 Å². The number of aryl methyl sites for hydroxylation is 1. The van der Waals surface area contributed by atoms with Crippen LogP contribution in [0.1, 0.15) is 33.8 Å². The molecule has 0 N–H and O–H groups in total. The maximum absolute atomic E-state index is 14.0. The Morgan fingerprint density at radius 1 is 1.55 bits per heavy atom. The lowest BCUT2D eigenvalue weighted by molar-refractivity contribution is 0.0740. The van der Waals surface area contributed by atoms with E-state index < -0.39 is 0 Å². The number of carbonyl (C=O) groups is 1. The Balaban J connectivity index is 1.82. The van der Waals surface area contributed by atoms with Crippen molar-refractivity contribution in [2.24, 2.45) is 0 Å². The molecule has 22 heavy (non-hydrogen) atoms. The minimum absolute atomic E-state index is 0.00467. The first-order chi connectivity index (χ1) is 10.6. The molecule has 0 aliphatic carbocycles. The molecule has 116 valence electrons. The molecule has 6 heteroatoms. The number of aromatic nitrogens is 1. The van der Waals surface area contributed by atoms with Crippen molar-refractivity contribution in [2.45, 2.75) is 32.2 Å². The molecule has 2 heterocycles. The fourth-order valence-electron chi connectivity index (χ4n) is 2.92. The Morgan fingerprint density at radius 3 is 3.05 bits per heavy atom. The number of hydrogen-bond donors (Lipinski definition) is 0. The van der Waals surface area contributed by atoms with Crippen LogP contribution in [0.15, 0.2) is 23.7 Å². The highest BCUT2D eigenvalue weighted by Crippen LogP contribution is 2.28. The third kappa shape index (κ3) is 2.88. The quantitative estimate of drug-likeness (QED) is 0.844. The molecule has 1 amide bonds. The minimum Gasteiger partial charge on any atom is -0.335 e. The average Bonchev–Trinajstić information content (AvgIpc) is 3.11. The van der Waals surface area contributed by atoms with E-state index in [-0.39, 0.29) is 17.8 Å². The number of nitrogens with zero attached hydrogens (tertiary/aromatic N) is 2. The van der Waals surface area contributed by atoms with E-state index in [9.17, 15) is 9.18 Å². The van der Waals surface area contributed by atoms with Crippen molar-refractivity contribution < 1.29 is 9.18 Å². The summed E-state index contributed by atoms with van der Waals surface area (Å²) in [4.78, 5) is 19.3. The topological polar surface area (TPSA) is 33.2 Å². The summed E-state index contributed by atoms with van der Waals surface area (Å²) in [6.07, 6.45) is 2.25. The van der Waals surface area contributed by atoms with Crippen LogP contribution < -0.4 is 0 Å². The molecule has 0 spiro atoms. The van der Waals surface area contributed by atoms with Gasteiger partial charge in [0.05, 0.1) is 11.2 Å². The molecule has 0 unspecified atom stereocenters. The molecule has 3 nitrogen and oxygen atoms in total. The lowest BCUT2D eigenvalue weighted by Crippen LogP contribution is -2.37. The number of rotatable bonds is 3. The summed E-state index contributed by atoms with van der Waals surface area (Å²) in [5, 5.41) is 0.424. The third-order valence-corrected chi connectivity index (χ3v) is 5.35. The summed E-state index contributed by atoms with van der Waals surface area (Å²) in [5.41, 5.74) is 2.93.